The summed E-state index contributed by atoms with van der Waals surface area (Å²) in [5.41, 5.74) is 3.46. The van der Waals surface area contributed by atoms with Gasteiger partial charge in [0.15, 0.2) is 0 Å². The zero-order valence-electron chi connectivity index (χ0n) is 28.5. The molecule has 0 aromatic heterocycles. The summed E-state index contributed by atoms with van der Waals surface area (Å²) in [5.74, 6) is -1.63. The molecule has 0 radical (unpaired) electrons. The van der Waals surface area contributed by atoms with Crippen molar-refractivity contribution in [1.29, 1.82) is 0 Å². The number of hydrogen-bond donors (Lipinski definition) is 6. The summed E-state index contributed by atoms with van der Waals surface area (Å²) < 4.78 is 42.5. The second-order valence-electron chi connectivity index (χ2n) is 9.71. The maximum absolute atomic E-state index is 11.9. The van der Waals surface area contributed by atoms with E-state index in [-0.39, 0.29) is 70.5 Å². The molecule has 0 bridgehead atoms. The van der Waals surface area contributed by atoms with Gasteiger partial charge < -0.3 is 53.4 Å². The lowest BCUT2D eigenvalue weighted by atomic mass is 10.4. The predicted molar refractivity (Wildman–Crippen MR) is 178 cm³/mol. The summed E-state index contributed by atoms with van der Waals surface area (Å²) in [7, 11) is 0. The number of rotatable bonds is 35. The Morgan fingerprint density at radius 3 is 1.52 bits per heavy atom. The minimum absolute atomic E-state index is 0.00236. The van der Waals surface area contributed by atoms with Crippen LogP contribution in [0.1, 0.15) is 32.1 Å². The van der Waals surface area contributed by atoms with Gasteiger partial charge in [0.2, 0.25) is 11.8 Å². The van der Waals surface area contributed by atoms with Crippen molar-refractivity contribution in [3.63, 3.8) is 0 Å². The highest BCUT2D eigenvalue weighted by Crippen LogP contribution is 1.92. The molecule has 0 heterocycles. The van der Waals surface area contributed by atoms with Crippen LogP contribution in [0, 0.1) is 0 Å². The molecule has 0 unspecified atom stereocenters. The summed E-state index contributed by atoms with van der Waals surface area (Å²) in [5, 5.41) is 13.8. The van der Waals surface area contributed by atoms with Crippen molar-refractivity contribution in [3.8, 4) is 0 Å². The van der Waals surface area contributed by atoms with Crippen molar-refractivity contribution in [2.24, 2.45) is 0 Å². The van der Waals surface area contributed by atoms with Crippen LogP contribution in [0.25, 0.3) is 0 Å². The van der Waals surface area contributed by atoms with Gasteiger partial charge in [0, 0.05) is 51.6 Å². The van der Waals surface area contributed by atoms with Gasteiger partial charge in [0.05, 0.1) is 92.0 Å². The third kappa shape index (κ3) is 36.2. The van der Waals surface area contributed by atoms with Crippen LogP contribution in [0.2, 0.25) is 0 Å². The summed E-state index contributed by atoms with van der Waals surface area (Å²) in [6.07, 6.45) is 3.43. The first-order valence-corrected chi connectivity index (χ1v) is 16.9. The maximum atomic E-state index is 11.9. The molecular formula is C30H54N4O15S. The molecule has 5 N–H and O–H groups in total. The van der Waals surface area contributed by atoms with Crippen LogP contribution in [0.4, 0.5) is 0 Å². The fraction of sp³-hybridized carbons (Fsp3) is 0.767. The topological polar surface area (TPSA) is 237 Å². The molecule has 0 aromatic rings. The van der Waals surface area contributed by atoms with Crippen molar-refractivity contribution in [3.05, 3.63) is 12.3 Å². The Balaban J connectivity index is 3.33. The van der Waals surface area contributed by atoms with Gasteiger partial charge in [-0.2, -0.15) is 18.1 Å². The summed E-state index contributed by atoms with van der Waals surface area (Å²) in [6.45, 7) is 5.57. The molecule has 0 atom stereocenters. The van der Waals surface area contributed by atoms with Crippen molar-refractivity contribution in [2.45, 2.75) is 32.1 Å². The van der Waals surface area contributed by atoms with Crippen LogP contribution in [0.3, 0.4) is 0 Å². The largest absolute Gasteiger partial charge is 0.499 e. The SMILES string of the molecule is O=C(/C=C/OCCOCCOCCNC(=O)CCOCCCOCCC(=O)NCCOCCOCCOCCC(=O)ONC(=O)CCS)NO. The number of hydrogen-bond acceptors (Lipinski definition) is 16. The second-order valence-corrected chi connectivity index (χ2v) is 10.2. The quantitative estimate of drug-likeness (QED) is 0.0112. The molecule has 0 aliphatic carbocycles. The molecular weight excluding hydrogens is 688 g/mol. The van der Waals surface area contributed by atoms with Crippen molar-refractivity contribution >= 4 is 42.2 Å². The average Bonchev–Trinajstić information content (AvgIpc) is 3.10. The van der Waals surface area contributed by atoms with Gasteiger partial charge in [0.25, 0.3) is 11.8 Å². The number of ether oxygens (including phenoxy) is 8. The summed E-state index contributed by atoms with van der Waals surface area (Å²) >= 11 is 3.90. The monoisotopic (exact) mass is 742 g/mol. The fourth-order valence-corrected chi connectivity index (χ4v) is 3.36. The van der Waals surface area contributed by atoms with Crippen molar-refractivity contribution in [2.75, 3.05) is 118 Å². The molecule has 0 aliphatic heterocycles. The highest BCUT2D eigenvalue weighted by molar-refractivity contribution is 7.80. The van der Waals surface area contributed by atoms with E-state index >= 15 is 0 Å². The smallest absolute Gasteiger partial charge is 0.334 e. The highest BCUT2D eigenvalue weighted by atomic mass is 32.1. The van der Waals surface area contributed by atoms with Gasteiger partial charge in [-0.25, -0.2) is 10.3 Å². The number of hydroxylamine groups is 2. The number of carbonyl (C=O) groups excluding carboxylic acids is 5. The lowest BCUT2D eigenvalue weighted by Gasteiger charge is -2.09. The summed E-state index contributed by atoms with van der Waals surface area (Å²) in [4.78, 5) is 61.6. The minimum atomic E-state index is -0.688. The average molecular weight is 743 g/mol. The molecule has 0 saturated carbocycles. The third-order valence-corrected chi connectivity index (χ3v) is 5.84. The van der Waals surface area contributed by atoms with E-state index < -0.39 is 17.8 Å². The molecule has 50 heavy (non-hydrogen) atoms. The second kappa shape index (κ2) is 37.2. The molecule has 4 amide bonds. The van der Waals surface area contributed by atoms with Crippen LogP contribution in [0.5, 0.6) is 0 Å². The number of nitrogens with one attached hydrogen (secondary N) is 4. The van der Waals surface area contributed by atoms with E-state index in [0.29, 0.717) is 91.3 Å². The van der Waals surface area contributed by atoms with Crippen molar-refractivity contribution in [1.82, 2.24) is 21.6 Å². The van der Waals surface area contributed by atoms with Gasteiger partial charge in [-0.15, -0.1) is 0 Å². The molecule has 0 aliphatic rings. The van der Waals surface area contributed by atoms with Crippen LogP contribution in [-0.2, 0) is 66.7 Å². The first kappa shape index (κ1) is 46.9. The first-order chi connectivity index (χ1) is 24.4. The number of thiol groups is 1. The standard InChI is InChI=1S/C30H54N4O15S/c35-26(31-7-15-45-19-23-47-21-17-43-13-4-28(37)33-40)2-11-41-9-1-10-42-12-3-27(36)32-8-16-46-20-24-48-22-18-44-14-5-30(39)49-34-29(38)6-25-50/h4,13,40,50H,1-3,5-12,14-25H2,(H,31,35)(H,32,36)(H,33,37)(H,34,38)/b13-4+. The Morgan fingerprint density at radius 1 is 0.540 bits per heavy atom. The lowest BCUT2D eigenvalue weighted by Crippen LogP contribution is -2.28. The Morgan fingerprint density at radius 2 is 1.00 bits per heavy atom. The van der Waals surface area contributed by atoms with Crippen LogP contribution < -0.4 is 21.6 Å². The Labute approximate surface area is 298 Å². The first-order valence-electron chi connectivity index (χ1n) is 16.3. The molecule has 0 saturated heterocycles. The molecule has 0 rings (SSSR count). The Hall–Kier alpha value is -3.08. The molecule has 0 spiro atoms. The van der Waals surface area contributed by atoms with Crippen molar-refractivity contribution < 1.29 is 71.9 Å². The van der Waals surface area contributed by atoms with E-state index in [2.05, 4.69) is 28.1 Å². The Kier molecular flexibility index (Phi) is 34.9. The van der Waals surface area contributed by atoms with Gasteiger partial charge >= 0.3 is 5.97 Å². The molecule has 290 valence electrons. The number of amides is 4. The van der Waals surface area contributed by atoms with E-state index in [0.717, 1.165) is 12.3 Å². The van der Waals surface area contributed by atoms with Gasteiger partial charge in [-0.05, 0) is 12.2 Å². The number of carbonyl (C=O) groups is 5. The van der Waals surface area contributed by atoms with E-state index in [4.69, 9.17) is 43.1 Å². The van der Waals surface area contributed by atoms with E-state index in [1.54, 1.807) is 0 Å². The van der Waals surface area contributed by atoms with Gasteiger partial charge in [-0.3, -0.25) is 24.4 Å². The predicted octanol–water partition coefficient (Wildman–Crippen LogP) is -1.17. The fourth-order valence-electron chi connectivity index (χ4n) is 3.16. The van der Waals surface area contributed by atoms with Crippen LogP contribution in [-0.4, -0.2) is 153 Å². The van der Waals surface area contributed by atoms with E-state index in [1.165, 1.54) is 5.48 Å². The third-order valence-electron chi connectivity index (χ3n) is 5.62. The van der Waals surface area contributed by atoms with Gasteiger partial charge in [0.1, 0.15) is 6.61 Å². The van der Waals surface area contributed by atoms with Crippen LogP contribution in [0.15, 0.2) is 12.3 Å². The van der Waals surface area contributed by atoms with Crippen LogP contribution >= 0.6 is 12.6 Å². The van der Waals surface area contributed by atoms with E-state index in [1.807, 2.05) is 5.48 Å². The van der Waals surface area contributed by atoms with E-state index in [9.17, 15) is 24.0 Å². The highest BCUT2D eigenvalue weighted by Gasteiger charge is 2.07. The zero-order valence-corrected chi connectivity index (χ0v) is 29.4. The maximum Gasteiger partial charge on any atom is 0.334 e. The molecule has 20 heteroatoms. The molecule has 19 nitrogen and oxygen atoms in total. The molecule has 0 aromatic carbocycles. The molecule has 0 fully saturated rings. The zero-order chi connectivity index (χ0) is 36.8. The normalized spacial score (nSPS) is 10.9. The summed E-state index contributed by atoms with van der Waals surface area (Å²) in [6, 6.07) is 0. The van der Waals surface area contributed by atoms with Gasteiger partial charge in [-0.1, -0.05) is 0 Å². The lowest BCUT2D eigenvalue weighted by molar-refractivity contribution is -0.159. The Bertz CT molecular complexity index is 918. The minimum Gasteiger partial charge on any atom is -0.499 e.